The first-order valence-electron chi connectivity index (χ1n) is 10.8. The molecule has 0 atom stereocenters. The van der Waals surface area contributed by atoms with Gasteiger partial charge in [-0.1, -0.05) is 50.4 Å². The standard InChI is InChI=1S/C23H32N4O2S2/c1-5-6-7-8-9-14-27(20-13-12-18(24-4)16-25-20)15-10-11-19-17-30-22(26-19)31-23(2,3)21(28)29/h12-13,16-17H,5-11,14-15H2,1-3H3,(H,28,29). The summed E-state index contributed by atoms with van der Waals surface area (Å²) in [5.74, 6) is 0.0844. The zero-order valence-corrected chi connectivity index (χ0v) is 20.3. The maximum absolute atomic E-state index is 11.3. The predicted molar refractivity (Wildman–Crippen MR) is 129 cm³/mol. The first-order chi connectivity index (χ1) is 14.9. The summed E-state index contributed by atoms with van der Waals surface area (Å²) in [5, 5.41) is 11.3. The van der Waals surface area contributed by atoms with E-state index in [2.05, 4.69) is 26.6 Å². The minimum absolute atomic E-state index is 0.559. The number of rotatable bonds is 14. The molecular weight excluding hydrogens is 428 g/mol. The molecule has 31 heavy (non-hydrogen) atoms. The van der Waals surface area contributed by atoms with Crippen LogP contribution in [-0.4, -0.2) is 38.9 Å². The average molecular weight is 461 g/mol. The van der Waals surface area contributed by atoms with Crippen molar-refractivity contribution in [3.8, 4) is 0 Å². The lowest BCUT2D eigenvalue weighted by molar-refractivity contribution is -0.138. The van der Waals surface area contributed by atoms with Gasteiger partial charge in [0.25, 0.3) is 0 Å². The van der Waals surface area contributed by atoms with Crippen molar-refractivity contribution in [3.63, 3.8) is 0 Å². The summed E-state index contributed by atoms with van der Waals surface area (Å²) in [5.41, 5.74) is 1.57. The Morgan fingerprint density at radius 3 is 2.61 bits per heavy atom. The highest BCUT2D eigenvalue weighted by molar-refractivity contribution is 8.02. The van der Waals surface area contributed by atoms with Gasteiger partial charge in [0, 0.05) is 24.7 Å². The van der Waals surface area contributed by atoms with Crippen molar-refractivity contribution in [2.75, 3.05) is 18.0 Å². The van der Waals surface area contributed by atoms with E-state index in [1.165, 1.54) is 48.8 Å². The van der Waals surface area contributed by atoms with Gasteiger partial charge in [-0.05, 0) is 39.2 Å². The minimum Gasteiger partial charge on any atom is -0.480 e. The number of aryl methyl sites for hydroxylation is 1. The minimum atomic E-state index is -0.882. The van der Waals surface area contributed by atoms with Crippen molar-refractivity contribution in [1.29, 1.82) is 0 Å². The second kappa shape index (κ2) is 12.7. The molecule has 0 fully saturated rings. The van der Waals surface area contributed by atoms with Crippen molar-refractivity contribution in [2.24, 2.45) is 0 Å². The van der Waals surface area contributed by atoms with Gasteiger partial charge in [0.15, 0.2) is 4.34 Å². The lowest BCUT2D eigenvalue weighted by Gasteiger charge is -2.24. The number of carboxylic acid groups (broad SMARTS) is 1. The molecule has 0 aromatic carbocycles. The average Bonchev–Trinajstić information content (AvgIpc) is 3.18. The molecule has 0 radical (unpaired) electrons. The van der Waals surface area contributed by atoms with Gasteiger partial charge in [-0.15, -0.1) is 11.3 Å². The van der Waals surface area contributed by atoms with Crippen LogP contribution in [0.15, 0.2) is 28.0 Å². The van der Waals surface area contributed by atoms with Gasteiger partial charge in [-0.25, -0.2) is 9.83 Å². The summed E-state index contributed by atoms with van der Waals surface area (Å²) in [4.78, 5) is 26.2. The van der Waals surface area contributed by atoms with Gasteiger partial charge in [-0.2, -0.15) is 0 Å². The molecule has 0 aliphatic heterocycles. The molecule has 2 heterocycles. The maximum atomic E-state index is 11.3. The summed E-state index contributed by atoms with van der Waals surface area (Å²) in [6.45, 7) is 14.6. The number of aromatic nitrogens is 2. The SMILES string of the molecule is [C-]#[N+]c1ccc(N(CCCCCCC)CCCc2csc(SC(C)(C)C(=O)O)n2)nc1. The fraction of sp³-hybridized carbons (Fsp3) is 0.565. The van der Waals surface area contributed by atoms with Gasteiger partial charge < -0.3 is 10.0 Å². The molecule has 0 aliphatic rings. The van der Waals surface area contributed by atoms with Crippen molar-refractivity contribution in [3.05, 3.63) is 40.8 Å². The van der Waals surface area contributed by atoms with E-state index >= 15 is 0 Å². The second-order valence-electron chi connectivity index (χ2n) is 8.01. The zero-order chi connectivity index (χ0) is 22.7. The molecule has 2 rings (SSSR count). The van der Waals surface area contributed by atoms with Crippen molar-refractivity contribution in [1.82, 2.24) is 9.97 Å². The number of pyridine rings is 1. The first-order valence-corrected chi connectivity index (χ1v) is 12.5. The van der Waals surface area contributed by atoms with E-state index in [9.17, 15) is 9.90 Å². The van der Waals surface area contributed by atoms with Crippen LogP contribution < -0.4 is 4.90 Å². The number of unbranched alkanes of at least 4 members (excludes halogenated alkanes) is 4. The number of carbonyl (C=O) groups is 1. The lowest BCUT2D eigenvalue weighted by atomic mass is 10.1. The maximum Gasteiger partial charge on any atom is 0.319 e. The second-order valence-corrected chi connectivity index (χ2v) is 10.7. The summed E-state index contributed by atoms with van der Waals surface area (Å²) in [6, 6.07) is 3.76. The molecule has 2 aromatic heterocycles. The number of thiazole rings is 1. The zero-order valence-electron chi connectivity index (χ0n) is 18.6. The number of aliphatic carboxylic acids is 1. The van der Waals surface area contributed by atoms with E-state index < -0.39 is 10.7 Å². The van der Waals surface area contributed by atoms with Gasteiger partial charge in [-0.3, -0.25) is 9.78 Å². The normalized spacial score (nSPS) is 11.3. The van der Waals surface area contributed by atoms with Crippen LogP contribution in [0.1, 0.15) is 65.0 Å². The van der Waals surface area contributed by atoms with Crippen molar-refractivity contribution in [2.45, 2.75) is 74.8 Å². The third-order valence-corrected chi connectivity index (χ3v) is 7.14. The van der Waals surface area contributed by atoms with Crippen LogP contribution in [0.4, 0.5) is 11.5 Å². The summed E-state index contributed by atoms with van der Waals surface area (Å²) < 4.78 is -0.0843. The van der Waals surface area contributed by atoms with E-state index in [-0.39, 0.29) is 0 Å². The molecule has 0 saturated heterocycles. The number of anilines is 1. The van der Waals surface area contributed by atoms with E-state index in [0.717, 1.165) is 48.2 Å². The Morgan fingerprint density at radius 1 is 1.23 bits per heavy atom. The van der Waals surface area contributed by atoms with E-state index in [1.54, 1.807) is 20.0 Å². The van der Waals surface area contributed by atoms with Gasteiger partial charge >= 0.3 is 5.97 Å². The fourth-order valence-corrected chi connectivity index (χ4v) is 5.27. The first kappa shape index (κ1) is 25.2. The van der Waals surface area contributed by atoms with Crippen LogP contribution in [0, 0.1) is 6.57 Å². The van der Waals surface area contributed by atoms with Crippen LogP contribution >= 0.6 is 23.1 Å². The number of thioether (sulfide) groups is 1. The topological polar surface area (TPSA) is 70.7 Å². The molecular formula is C23H32N4O2S2. The smallest absolute Gasteiger partial charge is 0.319 e. The Balaban J connectivity index is 1.91. The molecule has 0 bridgehead atoms. The van der Waals surface area contributed by atoms with Crippen LogP contribution in [0.5, 0.6) is 0 Å². The number of hydrogen-bond donors (Lipinski definition) is 1. The monoisotopic (exact) mass is 460 g/mol. The largest absolute Gasteiger partial charge is 0.480 e. The van der Waals surface area contributed by atoms with Gasteiger partial charge in [0.2, 0.25) is 5.69 Å². The van der Waals surface area contributed by atoms with Crippen LogP contribution in [0.2, 0.25) is 0 Å². The molecule has 8 heteroatoms. The molecule has 1 N–H and O–H groups in total. The number of nitrogens with zero attached hydrogens (tertiary/aromatic N) is 4. The molecule has 2 aromatic rings. The van der Waals surface area contributed by atoms with E-state index in [1.807, 2.05) is 17.5 Å². The third kappa shape index (κ3) is 8.50. The van der Waals surface area contributed by atoms with Crippen molar-refractivity contribution < 1.29 is 9.90 Å². The Bertz CT molecular complexity index is 859. The molecule has 0 saturated carbocycles. The van der Waals surface area contributed by atoms with Crippen molar-refractivity contribution >= 4 is 40.6 Å². The Labute approximate surface area is 193 Å². The van der Waals surface area contributed by atoms with E-state index in [4.69, 9.17) is 6.57 Å². The molecule has 0 spiro atoms. The molecule has 168 valence electrons. The highest BCUT2D eigenvalue weighted by Gasteiger charge is 2.29. The van der Waals surface area contributed by atoms with E-state index in [0.29, 0.717) is 5.69 Å². The van der Waals surface area contributed by atoms with Gasteiger partial charge in [0.05, 0.1) is 12.3 Å². The summed E-state index contributed by atoms with van der Waals surface area (Å²) in [7, 11) is 0. The molecule has 6 nitrogen and oxygen atoms in total. The Kier molecular flexibility index (Phi) is 10.3. The number of hydrogen-bond acceptors (Lipinski definition) is 6. The highest BCUT2D eigenvalue weighted by atomic mass is 32.2. The number of carboxylic acids is 1. The van der Waals surface area contributed by atoms with Crippen LogP contribution in [0.3, 0.4) is 0 Å². The van der Waals surface area contributed by atoms with Crippen LogP contribution in [0.25, 0.3) is 4.85 Å². The lowest BCUT2D eigenvalue weighted by Crippen LogP contribution is -2.27. The van der Waals surface area contributed by atoms with Gasteiger partial charge in [0.1, 0.15) is 10.6 Å². The Morgan fingerprint density at radius 2 is 1.97 bits per heavy atom. The predicted octanol–water partition coefficient (Wildman–Crippen LogP) is 6.45. The quantitative estimate of drug-likeness (QED) is 0.198. The summed E-state index contributed by atoms with van der Waals surface area (Å²) in [6.07, 6.45) is 9.56. The molecule has 0 unspecified atom stereocenters. The fourth-order valence-electron chi connectivity index (χ4n) is 3.04. The van der Waals surface area contributed by atoms with Crippen LogP contribution in [-0.2, 0) is 11.2 Å². The molecule has 0 amide bonds. The Hall–Kier alpha value is -2.11. The summed E-state index contributed by atoms with van der Waals surface area (Å²) >= 11 is 2.80. The molecule has 0 aliphatic carbocycles. The third-order valence-electron chi connectivity index (χ3n) is 4.97. The highest BCUT2D eigenvalue weighted by Crippen LogP contribution is 2.34.